The quantitative estimate of drug-likeness (QED) is 0.183. The van der Waals surface area contributed by atoms with Gasteiger partial charge in [-0.05, 0) is 109 Å². The zero-order chi connectivity index (χ0) is 29.5. The van der Waals surface area contributed by atoms with E-state index in [4.69, 9.17) is 16.3 Å². The van der Waals surface area contributed by atoms with E-state index in [1.54, 1.807) is 0 Å². The number of carbonyl (C=O) groups is 1. The third-order valence-electron chi connectivity index (χ3n) is 12.9. The van der Waals surface area contributed by atoms with Crippen molar-refractivity contribution in [3.63, 3.8) is 0 Å². The summed E-state index contributed by atoms with van der Waals surface area (Å²) in [5.74, 6) is 3.92. The molecule has 2 nitrogen and oxygen atoms in total. The molecule has 0 N–H and O–H groups in total. The van der Waals surface area contributed by atoms with E-state index in [0.29, 0.717) is 23.2 Å². The topological polar surface area (TPSA) is 26.3 Å². The van der Waals surface area contributed by atoms with Crippen molar-refractivity contribution in [2.45, 2.75) is 109 Å². The van der Waals surface area contributed by atoms with Gasteiger partial charge < -0.3 is 4.74 Å². The molecule has 0 heterocycles. The lowest BCUT2D eigenvalue weighted by molar-refractivity contribution is -0.157. The number of hydrogen-bond donors (Lipinski definition) is 0. The van der Waals surface area contributed by atoms with Crippen molar-refractivity contribution < 1.29 is 9.53 Å². The molecule has 0 unspecified atom stereocenters. The number of halogens is 1. The van der Waals surface area contributed by atoms with Crippen molar-refractivity contribution in [1.29, 1.82) is 0 Å². The highest BCUT2D eigenvalue weighted by Gasteiger charge is 2.64. The van der Waals surface area contributed by atoms with Gasteiger partial charge in [-0.3, -0.25) is 4.79 Å². The van der Waals surface area contributed by atoms with Crippen LogP contribution in [0.1, 0.15) is 109 Å². The van der Waals surface area contributed by atoms with E-state index < -0.39 is 0 Å². The van der Waals surface area contributed by atoms with Crippen LogP contribution in [0.15, 0.2) is 72.8 Å². The van der Waals surface area contributed by atoms with Crippen LogP contribution in [0, 0.1) is 40.4 Å². The van der Waals surface area contributed by atoms with Crippen LogP contribution in [0.2, 0.25) is 0 Å². The first-order valence-electron chi connectivity index (χ1n) is 16.8. The average Bonchev–Trinajstić information content (AvgIpc) is 3.34. The molecule has 0 spiro atoms. The van der Waals surface area contributed by atoms with Gasteiger partial charge in [-0.1, -0.05) is 93.6 Å². The van der Waals surface area contributed by atoms with Crippen LogP contribution >= 0.6 is 11.6 Å². The molecular formula is C39H51ClO2. The van der Waals surface area contributed by atoms with Gasteiger partial charge in [0.05, 0.1) is 4.87 Å². The molecule has 0 saturated heterocycles. The van der Waals surface area contributed by atoms with Crippen LogP contribution in [0.4, 0.5) is 0 Å². The number of carbonyl (C=O) groups excluding carboxylic acids is 1. The molecule has 0 aliphatic heterocycles. The maximum absolute atomic E-state index is 11.7. The molecule has 4 aliphatic rings. The second kappa shape index (κ2) is 11.8. The van der Waals surface area contributed by atoms with E-state index in [1.165, 1.54) is 50.2 Å². The summed E-state index contributed by atoms with van der Waals surface area (Å²) in [6.07, 6.45) is 16.7. The Morgan fingerprint density at radius 3 is 2.21 bits per heavy atom. The first-order chi connectivity index (χ1) is 20.1. The molecule has 0 amide bonds. The van der Waals surface area contributed by atoms with E-state index in [-0.39, 0.29) is 22.4 Å². The molecule has 42 heavy (non-hydrogen) atoms. The molecule has 9 atom stereocenters. The van der Waals surface area contributed by atoms with Gasteiger partial charge in [0, 0.05) is 19.3 Å². The predicted molar refractivity (Wildman–Crippen MR) is 174 cm³/mol. The number of esters is 1. The van der Waals surface area contributed by atoms with Gasteiger partial charge in [0.25, 0.3) is 0 Å². The number of allylic oxidation sites excluding steroid dienone is 2. The number of ether oxygens (including phenoxy) is 1. The normalized spacial score (nSPS) is 38.5. The molecule has 4 saturated carbocycles. The minimum Gasteiger partial charge on any atom is -0.462 e. The third-order valence-corrected chi connectivity index (χ3v) is 13.7. The molecule has 3 heteroatoms. The third kappa shape index (κ3) is 5.29. The molecule has 0 bridgehead atoms. The summed E-state index contributed by atoms with van der Waals surface area (Å²) < 4.78 is 5.68. The highest BCUT2D eigenvalue weighted by Crippen LogP contribution is 2.70. The van der Waals surface area contributed by atoms with Gasteiger partial charge in [0.1, 0.15) is 6.10 Å². The Labute approximate surface area is 259 Å². The summed E-state index contributed by atoms with van der Waals surface area (Å²) >= 11 is 7.55. The Balaban J connectivity index is 1.15. The zero-order valence-corrected chi connectivity index (χ0v) is 27.0. The summed E-state index contributed by atoms with van der Waals surface area (Å²) in [5.41, 5.74) is 3.31. The highest BCUT2D eigenvalue weighted by atomic mass is 35.5. The van der Waals surface area contributed by atoms with Crippen LogP contribution in [0.5, 0.6) is 0 Å². The summed E-state index contributed by atoms with van der Waals surface area (Å²) in [4.78, 5) is 11.5. The van der Waals surface area contributed by atoms with Gasteiger partial charge >= 0.3 is 5.97 Å². The van der Waals surface area contributed by atoms with Crippen LogP contribution in [-0.4, -0.2) is 16.9 Å². The lowest BCUT2D eigenvalue weighted by atomic mass is 9.44. The monoisotopic (exact) mass is 586 g/mol. The SMILES string of the molecule is CC(=O)O[C@@H]1CC[C@]2(C)[C@@H]3CC[C@@]4(C)[C@H](CC[C@H]4[C@H](C)C/C=C/C(c4ccccc4)c4ccccc4)[C@H]3CC[C@@]2(Cl)C1. The molecule has 2 aromatic rings. The van der Waals surface area contributed by atoms with Crippen molar-refractivity contribution in [1.82, 2.24) is 0 Å². The van der Waals surface area contributed by atoms with Crippen molar-refractivity contribution in [2.75, 3.05) is 0 Å². The van der Waals surface area contributed by atoms with E-state index in [1.807, 2.05) is 0 Å². The molecule has 4 aliphatic carbocycles. The Morgan fingerprint density at radius 1 is 0.905 bits per heavy atom. The van der Waals surface area contributed by atoms with Crippen LogP contribution < -0.4 is 0 Å². The van der Waals surface area contributed by atoms with Crippen molar-refractivity contribution in [2.24, 2.45) is 40.4 Å². The highest BCUT2D eigenvalue weighted by molar-refractivity contribution is 6.24. The Bertz CT molecular complexity index is 1220. The molecule has 0 radical (unpaired) electrons. The van der Waals surface area contributed by atoms with Crippen LogP contribution in [0.3, 0.4) is 0 Å². The summed E-state index contributed by atoms with van der Waals surface area (Å²) in [5, 5.41) is 0. The number of hydrogen-bond acceptors (Lipinski definition) is 2. The zero-order valence-electron chi connectivity index (χ0n) is 26.2. The smallest absolute Gasteiger partial charge is 0.302 e. The number of fused-ring (bicyclic) bond motifs is 5. The standard InChI is InChI=1S/C39H51ClO2/c1-27(12-11-17-32(29-13-7-5-8-14-29)30-15-9-6-10-16-30)34-18-19-35-33-21-25-39(40)26-31(42-28(2)41)20-24-38(39,4)36(33)22-23-37(34,35)3/h5-11,13-17,27,31-36H,12,18-26H2,1-4H3/b17-11+/t27-,31-,33-,34+,35-,36-,37-,38-,39-/m1/s1. The lowest BCUT2D eigenvalue weighted by Gasteiger charge is -2.64. The average molecular weight is 587 g/mol. The van der Waals surface area contributed by atoms with Gasteiger partial charge in [0.2, 0.25) is 0 Å². The molecular weight excluding hydrogens is 536 g/mol. The Morgan fingerprint density at radius 2 is 1.57 bits per heavy atom. The van der Waals surface area contributed by atoms with E-state index in [9.17, 15) is 4.79 Å². The number of benzene rings is 2. The fourth-order valence-corrected chi connectivity index (χ4v) is 11.3. The molecule has 6 rings (SSSR count). The van der Waals surface area contributed by atoms with Crippen molar-refractivity contribution >= 4 is 17.6 Å². The van der Waals surface area contributed by atoms with Crippen molar-refractivity contribution in [3.05, 3.63) is 83.9 Å². The molecule has 0 aromatic heterocycles. The van der Waals surface area contributed by atoms with Crippen LogP contribution in [0.25, 0.3) is 0 Å². The van der Waals surface area contributed by atoms with E-state index in [2.05, 4.69) is 93.6 Å². The second-order valence-electron chi connectivity index (χ2n) is 14.9. The van der Waals surface area contributed by atoms with Gasteiger partial charge in [-0.2, -0.15) is 0 Å². The van der Waals surface area contributed by atoms with Crippen molar-refractivity contribution in [3.8, 4) is 0 Å². The fraction of sp³-hybridized carbons (Fsp3) is 0.615. The Hall–Kier alpha value is -2.06. The fourth-order valence-electron chi connectivity index (χ4n) is 10.8. The summed E-state index contributed by atoms with van der Waals surface area (Å²) in [7, 11) is 0. The summed E-state index contributed by atoms with van der Waals surface area (Å²) in [6.45, 7) is 9.22. The van der Waals surface area contributed by atoms with E-state index >= 15 is 0 Å². The first-order valence-corrected chi connectivity index (χ1v) is 17.1. The number of rotatable bonds is 7. The van der Waals surface area contributed by atoms with Gasteiger partial charge in [0.15, 0.2) is 0 Å². The molecule has 226 valence electrons. The van der Waals surface area contributed by atoms with Gasteiger partial charge in [-0.25, -0.2) is 0 Å². The molecule has 2 aromatic carbocycles. The maximum atomic E-state index is 11.7. The lowest BCUT2D eigenvalue weighted by Crippen LogP contribution is -2.60. The van der Waals surface area contributed by atoms with Gasteiger partial charge in [-0.15, -0.1) is 11.6 Å². The minimum atomic E-state index is -0.232. The Kier molecular flexibility index (Phi) is 8.42. The van der Waals surface area contributed by atoms with E-state index in [0.717, 1.165) is 49.9 Å². The second-order valence-corrected chi connectivity index (χ2v) is 15.7. The number of alkyl halides is 1. The maximum Gasteiger partial charge on any atom is 0.302 e. The largest absolute Gasteiger partial charge is 0.462 e. The summed E-state index contributed by atoms with van der Waals surface area (Å²) in [6, 6.07) is 21.9. The first kappa shape index (κ1) is 30.0. The predicted octanol–water partition coefficient (Wildman–Crippen LogP) is 10.4. The minimum absolute atomic E-state index is 0.00775. The molecule has 4 fully saturated rings. The van der Waals surface area contributed by atoms with Crippen LogP contribution in [-0.2, 0) is 9.53 Å².